The number of nitrogens with one attached hydrogen (secondary N) is 2. The van der Waals surface area contributed by atoms with Gasteiger partial charge in [-0.15, -0.1) is 0 Å². The van der Waals surface area contributed by atoms with Gasteiger partial charge >= 0.3 is 15.5 Å². The van der Waals surface area contributed by atoms with Crippen LogP contribution in [0.4, 0.5) is 13.2 Å². The van der Waals surface area contributed by atoms with Crippen molar-refractivity contribution in [3.8, 4) is 0 Å². The fraction of sp³-hybridized carbons (Fsp3) is 0.632. The topological polar surface area (TPSA) is 73.8 Å². The molecule has 2 N–H and O–H groups in total. The number of hydrogen-bond donors (Lipinski definition) is 2. The van der Waals surface area contributed by atoms with Crippen LogP contribution in [0, 0.1) is 0 Å². The predicted molar refractivity (Wildman–Crippen MR) is 106 cm³/mol. The fourth-order valence-electron chi connectivity index (χ4n) is 3.79. The van der Waals surface area contributed by atoms with Gasteiger partial charge < -0.3 is 10.6 Å². The van der Waals surface area contributed by atoms with Gasteiger partial charge in [0.2, 0.25) is 0 Å². The third-order valence-electron chi connectivity index (χ3n) is 5.35. The standard InChI is InChI=1S/C19H27F3N4O2S/c1-2-23-18(24-13-14-6-7-15-4-3-5-16(15)12-14)25-17-8-10-26(11-9-17)29(27,28)19(20,21)22/h6-7,12,17H,2-5,8-11,13H2,1H3,(H2,23,24,25). The monoisotopic (exact) mass is 432 g/mol. The molecule has 1 aliphatic heterocycles. The molecule has 1 aromatic carbocycles. The lowest BCUT2D eigenvalue weighted by Gasteiger charge is -2.32. The SMILES string of the molecule is CCNC(=NCc1ccc2c(c1)CCC2)NC1CCN(S(=O)(=O)C(F)(F)F)CC1. The molecule has 0 amide bonds. The number of nitrogens with zero attached hydrogens (tertiary/aromatic N) is 2. The predicted octanol–water partition coefficient (Wildman–Crippen LogP) is 2.54. The number of halogens is 3. The molecule has 0 saturated carbocycles. The highest BCUT2D eigenvalue weighted by Crippen LogP contribution is 2.29. The highest BCUT2D eigenvalue weighted by molar-refractivity contribution is 7.90. The molecule has 0 radical (unpaired) electrons. The smallest absolute Gasteiger partial charge is 0.357 e. The van der Waals surface area contributed by atoms with Gasteiger partial charge in [0, 0.05) is 25.7 Å². The number of sulfonamides is 1. The Kier molecular flexibility index (Phi) is 6.72. The zero-order chi connectivity index (χ0) is 21.1. The summed E-state index contributed by atoms with van der Waals surface area (Å²) in [5, 5.41) is 6.37. The third kappa shape index (κ3) is 5.22. The molecule has 0 bridgehead atoms. The second-order valence-corrected chi connectivity index (χ2v) is 9.35. The molecule has 1 heterocycles. The van der Waals surface area contributed by atoms with E-state index in [4.69, 9.17) is 0 Å². The van der Waals surface area contributed by atoms with E-state index < -0.39 is 15.5 Å². The molecule has 0 aromatic heterocycles. The van der Waals surface area contributed by atoms with Crippen molar-refractivity contribution < 1.29 is 21.6 Å². The van der Waals surface area contributed by atoms with Crippen molar-refractivity contribution in [2.45, 2.75) is 57.1 Å². The zero-order valence-electron chi connectivity index (χ0n) is 16.4. The first-order chi connectivity index (χ1) is 13.7. The molecule has 1 aromatic rings. The molecule has 6 nitrogen and oxygen atoms in total. The number of hydrogen-bond acceptors (Lipinski definition) is 3. The molecule has 10 heteroatoms. The van der Waals surface area contributed by atoms with E-state index in [1.807, 2.05) is 6.92 Å². The van der Waals surface area contributed by atoms with Crippen molar-refractivity contribution in [1.82, 2.24) is 14.9 Å². The average molecular weight is 433 g/mol. The molecule has 1 fully saturated rings. The minimum atomic E-state index is -5.25. The quantitative estimate of drug-likeness (QED) is 0.554. The number of guanidine groups is 1. The maximum atomic E-state index is 12.7. The van der Waals surface area contributed by atoms with E-state index in [1.54, 1.807) is 0 Å². The lowest BCUT2D eigenvalue weighted by molar-refractivity contribution is -0.0494. The van der Waals surface area contributed by atoms with E-state index >= 15 is 0 Å². The summed E-state index contributed by atoms with van der Waals surface area (Å²) in [4.78, 5) is 4.59. The van der Waals surface area contributed by atoms with Gasteiger partial charge in [-0.2, -0.15) is 17.5 Å². The van der Waals surface area contributed by atoms with E-state index in [9.17, 15) is 21.6 Å². The largest absolute Gasteiger partial charge is 0.511 e. The van der Waals surface area contributed by atoms with Gasteiger partial charge in [0.1, 0.15) is 0 Å². The Hall–Kier alpha value is -1.81. The summed E-state index contributed by atoms with van der Waals surface area (Å²) in [5.41, 5.74) is -1.34. The number of aryl methyl sites for hydroxylation is 2. The van der Waals surface area contributed by atoms with Gasteiger partial charge in [-0.3, -0.25) is 0 Å². The van der Waals surface area contributed by atoms with E-state index in [1.165, 1.54) is 17.5 Å². The summed E-state index contributed by atoms with van der Waals surface area (Å²) in [7, 11) is -5.25. The third-order valence-corrected chi connectivity index (χ3v) is 6.98. The Balaban J connectivity index is 1.58. The van der Waals surface area contributed by atoms with Crippen molar-refractivity contribution in [3.05, 3.63) is 34.9 Å². The minimum Gasteiger partial charge on any atom is -0.357 e. The summed E-state index contributed by atoms with van der Waals surface area (Å²) in [6, 6.07) is 6.30. The maximum absolute atomic E-state index is 12.7. The van der Waals surface area contributed by atoms with Crippen molar-refractivity contribution >= 4 is 16.0 Å². The van der Waals surface area contributed by atoms with Crippen LogP contribution in [-0.4, -0.2) is 49.9 Å². The van der Waals surface area contributed by atoms with Crippen LogP contribution in [0.15, 0.2) is 23.2 Å². The van der Waals surface area contributed by atoms with Gasteiger partial charge in [-0.1, -0.05) is 18.2 Å². The van der Waals surface area contributed by atoms with Gasteiger partial charge in [0.05, 0.1) is 6.54 Å². The van der Waals surface area contributed by atoms with E-state index in [2.05, 4.69) is 33.8 Å². The van der Waals surface area contributed by atoms with Crippen molar-refractivity contribution in [2.75, 3.05) is 19.6 Å². The first-order valence-electron chi connectivity index (χ1n) is 9.92. The molecule has 29 heavy (non-hydrogen) atoms. The molecule has 1 aliphatic carbocycles. The number of benzene rings is 1. The zero-order valence-corrected chi connectivity index (χ0v) is 17.2. The first kappa shape index (κ1) is 21.9. The second kappa shape index (κ2) is 8.91. The first-order valence-corrected chi connectivity index (χ1v) is 11.4. The molecule has 0 spiro atoms. The van der Waals surface area contributed by atoms with E-state index in [-0.39, 0.29) is 19.1 Å². The van der Waals surface area contributed by atoms with Crippen LogP contribution in [-0.2, 0) is 29.4 Å². The van der Waals surface area contributed by atoms with E-state index in [0.29, 0.717) is 36.2 Å². The summed E-state index contributed by atoms with van der Waals surface area (Å²) < 4.78 is 61.6. The Morgan fingerprint density at radius 2 is 1.90 bits per heavy atom. The molecule has 1 saturated heterocycles. The number of piperidine rings is 1. The van der Waals surface area contributed by atoms with Gasteiger partial charge in [0.15, 0.2) is 5.96 Å². The molecule has 0 atom stereocenters. The molecule has 2 aliphatic rings. The van der Waals surface area contributed by atoms with Gasteiger partial charge in [0.25, 0.3) is 0 Å². The Morgan fingerprint density at radius 1 is 1.21 bits per heavy atom. The van der Waals surface area contributed by atoms with Gasteiger partial charge in [-0.25, -0.2) is 13.4 Å². The van der Waals surface area contributed by atoms with Crippen LogP contribution in [0.2, 0.25) is 0 Å². The van der Waals surface area contributed by atoms with Crippen molar-refractivity contribution in [1.29, 1.82) is 0 Å². The van der Waals surface area contributed by atoms with Crippen molar-refractivity contribution in [3.63, 3.8) is 0 Å². The van der Waals surface area contributed by atoms with Crippen LogP contribution in [0.3, 0.4) is 0 Å². The molecular formula is C19H27F3N4O2S. The van der Waals surface area contributed by atoms with Crippen LogP contribution < -0.4 is 10.6 Å². The summed E-state index contributed by atoms with van der Waals surface area (Å²) >= 11 is 0. The van der Waals surface area contributed by atoms with Crippen molar-refractivity contribution in [2.24, 2.45) is 4.99 Å². The van der Waals surface area contributed by atoms with Gasteiger partial charge in [-0.05, 0) is 55.7 Å². The molecule has 3 rings (SSSR count). The fourth-order valence-corrected chi connectivity index (χ4v) is 4.78. The number of fused-ring (bicyclic) bond motifs is 1. The normalized spacial score (nSPS) is 19.2. The van der Waals surface area contributed by atoms with Crippen LogP contribution in [0.5, 0.6) is 0 Å². The number of alkyl halides is 3. The van der Waals surface area contributed by atoms with Crippen LogP contribution >= 0.6 is 0 Å². The summed E-state index contributed by atoms with van der Waals surface area (Å²) in [6.07, 6.45) is 4.00. The minimum absolute atomic E-state index is 0.132. The van der Waals surface area contributed by atoms with Crippen LogP contribution in [0.25, 0.3) is 0 Å². The van der Waals surface area contributed by atoms with E-state index in [0.717, 1.165) is 18.4 Å². The Bertz CT molecular complexity index is 848. The average Bonchev–Trinajstić information content (AvgIpc) is 3.13. The second-order valence-electron chi connectivity index (χ2n) is 7.42. The highest BCUT2D eigenvalue weighted by Gasteiger charge is 2.50. The highest BCUT2D eigenvalue weighted by atomic mass is 32.2. The van der Waals surface area contributed by atoms with Crippen LogP contribution in [0.1, 0.15) is 42.9 Å². The molecule has 162 valence electrons. The number of aliphatic imine (C=N–C) groups is 1. The summed E-state index contributed by atoms with van der Waals surface area (Å²) in [5.74, 6) is 0.588. The Labute approximate surface area is 169 Å². The lowest BCUT2D eigenvalue weighted by atomic mass is 10.1. The lowest BCUT2D eigenvalue weighted by Crippen LogP contribution is -2.51. The number of rotatable bonds is 5. The maximum Gasteiger partial charge on any atom is 0.511 e. The molecule has 0 unspecified atom stereocenters. The Morgan fingerprint density at radius 3 is 2.55 bits per heavy atom. The molecular weight excluding hydrogens is 405 g/mol. The summed E-state index contributed by atoms with van der Waals surface area (Å²) in [6.45, 7) is 2.76.